The number of rotatable bonds is 5. The lowest BCUT2D eigenvalue weighted by molar-refractivity contribution is 0.306. The second-order valence-corrected chi connectivity index (χ2v) is 5.09. The predicted octanol–water partition coefficient (Wildman–Crippen LogP) is 5.12. The molecule has 0 saturated carbocycles. The van der Waals surface area contributed by atoms with E-state index in [0.717, 1.165) is 17.2 Å². The van der Waals surface area contributed by atoms with Crippen molar-refractivity contribution in [3.05, 3.63) is 77.0 Å². The molecule has 0 spiro atoms. The molecule has 0 N–H and O–H groups in total. The topological polar surface area (TPSA) is 18.5 Å². The molecule has 3 heteroatoms. The molecule has 100 valence electrons. The first-order valence-corrected chi connectivity index (χ1v) is 7.31. The summed E-state index contributed by atoms with van der Waals surface area (Å²) in [5, 5.41) is 4.14. The standard InChI is InChI=1S/C17H14O2S/c1-2-4-16(5-3-1)19-17-8-6-15(7-9-17)18-12-14-10-11-20-13-14/h1-11,13H,12H2. The molecular weight excluding hydrogens is 268 g/mol. The monoisotopic (exact) mass is 282 g/mol. The first-order valence-electron chi connectivity index (χ1n) is 6.37. The van der Waals surface area contributed by atoms with Gasteiger partial charge in [-0.2, -0.15) is 11.3 Å². The van der Waals surface area contributed by atoms with Gasteiger partial charge in [-0.05, 0) is 58.8 Å². The Morgan fingerprint density at radius 3 is 2.15 bits per heavy atom. The van der Waals surface area contributed by atoms with Gasteiger partial charge in [-0.15, -0.1) is 0 Å². The Morgan fingerprint density at radius 2 is 1.45 bits per heavy atom. The minimum absolute atomic E-state index is 0.600. The van der Waals surface area contributed by atoms with Crippen LogP contribution in [0.2, 0.25) is 0 Å². The van der Waals surface area contributed by atoms with E-state index in [-0.39, 0.29) is 0 Å². The van der Waals surface area contributed by atoms with Crippen LogP contribution in [0.1, 0.15) is 5.56 Å². The summed E-state index contributed by atoms with van der Waals surface area (Å²) in [7, 11) is 0. The normalized spacial score (nSPS) is 10.2. The van der Waals surface area contributed by atoms with E-state index in [4.69, 9.17) is 9.47 Å². The highest BCUT2D eigenvalue weighted by Crippen LogP contribution is 2.24. The smallest absolute Gasteiger partial charge is 0.127 e. The van der Waals surface area contributed by atoms with Crippen molar-refractivity contribution in [1.29, 1.82) is 0 Å². The number of ether oxygens (including phenoxy) is 2. The van der Waals surface area contributed by atoms with Gasteiger partial charge in [-0.3, -0.25) is 0 Å². The van der Waals surface area contributed by atoms with Crippen LogP contribution in [0.25, 0.3) is 0 Å². The van der Waals surface area contributed by atoms with Gasteiger partial charge in [0.2, 0.25) is 0 Å². The van der Waals surface area contributed by atoms with Crippen molar-refractivity contribution in [3.63, 3.8) is 0 Å². The van der Waals surface area contributed by atoms with Crippen molar-refractivity contribution in [2.24, 2.45) is 0 Å². The van der Waals surface area contributed by atoms with Gasteiger partial charge in [0, 0.05) is 0 Å². The fourth-order valence-corrected chi connectivity index (χ4v) is 2.42. The number of hydrogen-bond acceptors (Lipinski definition) is 3. The first-order chi connectivity index (χ1) is 9.90. The van der Waals surface area contributed by atoms with Crippen molar-refractivity contribution in [2.75, 3.05) is 0 Å². The molecule has 0 fully saturated rings. The molecule has 0 bridgehead atoms. The summed E-state index contributed by atoms with van der Waals surface area (Å²) < 4.78 is 11.4. The number of thiophene rings is 1. The fourth-order valence-electron chi connectivity index (χ4n) is 1.77. The van der Waals surface area contributed by atoms with Gasteiger partial charge >= 0.3 is 0 Å². The highest BCUT2D eigenvalue weighted by molar-refractivity contribution is 7.07. The van der Waals surface area contributed by atoms with Crippen LogP contribution in [0, 0.1) is 0 Å². The van der Waals surface area contributed by atoms with Gasteiger partial charge in [-0.1, -0.05) is 18.2 Å². The number of hydrogen-bond donors (Lipinski definition) is 0. The van der Waals surface area contributed by atoms with Gasteiger partial charge in [0.25, 0.3) is 0 Å². The number of benzene rings is 2. The summed E-state index contributed by atoms with van der Waals surface area (Å²) in [6.07, 6.45) is 0. The molecule has 0 radical (unpaired) electrons. The Morgan fingerprint density at radius 1 is 0.750 bits per heavy atom. The molecule has 1 aromatic heterocycles. The average molecular weight is 282 g/mol. The molecule has 2 nitrogen and oxygen atoms in total. The molecule has 0 aliphatic carbocycles. The number of para-hydroxylation sites is 1. The SMILES string of the molecule is c1ccc(Oc2ccc(OCc3ccsc3)cc2)cc1. The van der Waals surface area contributed by atoms with E-state index in [9.17, 15) is 0 Å². The third kappa shape index (κ3) is 3.39. The maximum absolute atomic E-state index is 5.73. The van der Waals surface area contributed by atoms with E-state index >= 15 is 0 Å². The van der Waals surface area contributed by atoms with Gasteiger partial charge in [0.05, 0.1) is 0 Å². The van der Waals surface area contributed by atoms with Gasteiger partial charge < -0.3 is 9.47 Å². The van der Waals surface area contributed by atoms with E-state index in [1.54, 1.807) is 11.3 Å². The lowest BCUT2D eigenvalue weighted by atomic mass is 10.3. The third-order valence-electron chi connectivity index (χ3n) is 2.79. The van der Waals surface area contributed by atoms with Crippen LogP contribution in [0.5, 0.6) is 17.2 Å². The van der Waals surface area contributed by atoms with Crippen LogP contribution in [-0.4, -0.2) is 0 Å². The van der Waals surface area contributed by atoms with Gasteiger partial charge in [-0.25, -0.2) is 0 Å². The lowest BCUT2D eigenvalue weighted by Gasteiger charge is -2.08. The molecule has 3 aromatic rings. The maximum atomic E-state index is 5.73. The highest BCUT2D eigenvalue weighted by atomic mass is 32.1. The molecule has 0 atom stereocenters. The van der Waals surface area contributed by atoms with Crippen molar-refractivity contribution in [3.8, 4) is 17.2 Å². The lowest BCUT2D eigenvalue weighted by Crippen LogP contribution is -1.93. The minimum atomic E-state index is 0.600. The Labute approximate surface area is 122 Å². The molecule has 2 aromatic carbocycles. The van der Waals surface area contributed by atoms with Gasteiger partial charge in [0.1, 0.15) is 23.9 Å². The third-order valence-corrected chi connectivity index (χ3v) is 3.52. The van der Waals surface area contributed by atoms with Gasteiger partial charge in [0.15, 0.2) is 0 Å². The minimum Gasteiger partial charge on any atom is -0.489 e. The maximum Gasteiger partial charge on any atom is 0.127 e. The van der Waals surface area contributed by atoms with E-state index in [2.05, 4.69) is 16.8 Å². The van der Waals surface area contributed by atoms with Crippen LogP contribution in [0.3, 0.4) is 0 Å². The Kier molecular flexibility index (Phi) is 3.99. The summed E-state index contributed by atoms with van der Waals surface area (Å²) >= 11 is 1.68. The summed E-state index contributed by atoms with van der Waals surface area (Å²) in [5.41, 5.74) is 1.19. The molecule has 20 heavy (non-hydrogen) atoms. The van der Waals surface area contributed by atoms with E-state index in [1.807, 2.05) is 54.6 Å². The Balaban J connectivity index is 1.60. The van der Waals surface area contributed by atoms with E-state index < -0.39 is 0 Å². The van der Waals surface area contributed by atoms with Crippen LogP contribution < -0.4 is 9.47 Å². The van der Waals surface area contributed by atoms with Crippen molar-refractivity contribution in [1.82, 2.24) is 0 Å². The summed E-state index contributed by atoms with van der Waals surface area (Å²) in [5.74, 6) is 2.48. The Bertz CT molecular complexity index is 631. The van der Waals surface area contributed by atoms with Crippen molar-refractivity contribution < 1.29 is 9.47 Å². The van der Waals surface area contributed by atoms with E-state index in [0.29, 0.717) is 6.61 Å². The van der Waals surface area contributed by atoms with Crippen LogP contribution in [-0.2, 0) is 6.61 Å². The summed E-state index contributed by atoms with van der Waals surface area (Å²) in [6.45, 7) is 0.600. The fraction of sp³-hybridized carbons (Fsp3) is 0.0588. The zero-order valence-corrected chi connectivity index (χ0v) is 11.7. The second kappa shape index (κ2) is 6.26. The molecule has 0 amide bonds. The largest absolute Gasteiger partial charge is 0.489 e. The first kappa shape index (κ1) is 12.8. The highest BCUT2D eigenvalue weighted by Gasteiger charge is 1.99. The molecule has 1 heterocycles. The zero-order valence-electron chi connectivity index (χ0n) is 10.9. The quantitative estimate of drug-likeness (QED) is 0.646. The van der Waals surface area contributed by atoms with Crippen LogP contribution in [0.4, 0.5) is 0 Å². The predicted molar refractivity (Wildman–Crippen MR) is 81.6 cm³/mol. The van der Waals surface area contributed by atoms with Crippen molar-refractivity contribution in [2.45, 2.75) is 6.61 Å². The Hall–Kier alpha value is -2.26. The second-order valence-electron chi connectivity index (χ2n) is 4.31. The summed E-state index contributed by atoms with van der Waals surface area (Å²) in [4.78, 5) is 0. The molecule has 0 saturated heterocycles. The summed E-state index contributed by atoms with van der Waals surface area (Å²) in [6, 6.07) is 19.5. The van der Waals surface area contributed by atoms with E-state index in [1.165, 1.54) is 5.56 Å². The average Bonchev–Trinajstić information content (AvgIpc) is 3.01. The molecule has 0 aliphatic rings. The van der Waals surface area contributed by atoms with Crippen LogP contribution in [0.15, 0.2) is 71.4 Å². The van der Waals surface area contributed by atoms with Crippen molar-refractivity contribution >= 4 is 11.3 Å². The van der Waals surface area contributed by atoms with Crippen LogP contribution >= 0.6 is 11.3 Å². The molecule has 0 unspecified atom stereocenters. The zero-order chi connectivity index (χ0) is 13.6. The molecule has 3 rings (SSSR count). The molecular formula is C17H14O2S. The molecule has 0 aliphatic heterocycles.